The molecule has 1 fully saturated rings. The molecule has 2 heterocycles. The summed E-state index contributed by atoms with van der Waals surface area (Å²) in [6.45, 7) is 8.17. The Kier molecular flexibility index (Phi) is 4.06. The van der Waals surface area contributed by atoms with Gasteiger partial charge in [0.25, 0.3) is 0 Å². The van der Waals surface area contributed by atoms with Gasteiger partial charge in [0, 0.05) is 25.7 Å². The van der Waals surface area contributed by atoms with Crippen molar-refractivity contribution in [3.8, 4) is 0 Å². The third-order valence-electron chi connectivity index (χ3n) is 3.46. The van der Waals surface area contributed by atoms with Crippen molar-refractivity contribution in [2.75, 3.05) is 13.1 Å². The Morgan fingerprint density at radius 1 is 1.47 bits per heavy atom. The van der Waals surface area contributed by atoms with Gasteiger partial charge in [-0.1, -0.05) is 13.8 Å². The van der Waals surface area contributed by atoms with Crippen molar-refractivity contribution in [3.05, 3.63) is 5.82 Å². The van der Waals surface area contributed by atoms with Crippen LogP contribution in [0, 0.1) is 5.92 Å². The lowest BCUT2D eigenvalue weighted by Gasteiger charge is -2.34. The lowest BCUT2D eigenvalue weighted by molar-refractivity contribution is 0.152. The molecule has 2 atom stereocenters. The van der Waals surface area contributed by atoms with Crippen LogP contribution in [-0.2, 0) is 13.1 Å². The molecule has 0 saturated carbocycles. The fourth-order valence-electron chi connectivity index (χ4n) is 2.32. The molecule has 2 rings (SSSR count). The Labute approximate surface area is 102 Å². The van der Waals surface area contributed by atoms with E-state index in [4.69, 9.17) is 5.73 Å². The summed E-state index contributed by atoms with van der Waals surface area (Å²) in [5.74, 6) is 1.52. The van der Waals surface area contributed by atoms with Crippen molar-refractivity contribution in [1.82, 2.24) is 25.1 Å². The molecule has 0 radical (unpaired) electrons. The first-order chi connectivity index (χ1) is 8.20. The van der Waals surface area contributed by atoms with Gasteiger partial charge in [-0.3, -0.25) is 4.90 Å². The van der Waals surface area contributed by atoms with Crippen molar-refractivity contribution in [3.63, 3.8) is 0 Å². The van der Waals surface area contributed by atoms with Gasteiger partial charge in [-0.15, -0.1) is 5.10 Å². The predicted molar refractivity (Wildman–Crippen MR) is 65.1 cm³/mol. The van der Waals surface area contributed by atoms with E-state index >= 15 is 0 Å². The predicted octanol–water partition coefficient (Wildman–Crippen LogP) is 0.252. The van der Waals surface area contributed by atoms with E-state index in [2.05, 4.69) is 34.3 Å². The minimum Gasteiger partial charge on any atom is -0.327 e. The van der Waals surface area contributed by atoms with Crippen LogP contribution in [0.1, 0.15) is 32.5 Å². The third-order valence-corrected chi connectivity index (χ3v) is 3.46. The van der Waals surface area contributed by atoms with Crippen molar-refractivity contribution in [1.29, 1.82) is 0 Å². The fraction of sp³-hybridized carbons (Fsp3) is 0.909. The maximum absolute atomic E-state index is 6.02. The summed E-state index contributed by atoms with van der Waals surface area (Å²) in [4.78, 5) is 2.39. The number of hydrogen-bond donors (Lipinski definition) is 1. The first-order valence-electron chi connectivity index (χ1n) is 6.43. The molecule has 1 aromatic heterocycles. The Morgan fingerprint density at radius 3 is 3.00 bits per heavy atom. The third kappa shape index (κ3) is 3.01. The van der Waals surface area contributed by atoms with Crippen LogP contribution in [0.4, 0.5) is 0 Å². The van der Waals surface area contributed by atoms with Crippen molar-refractivity contribution >= 4 is 0 Å². The number of aryl methyl sites for hydroxylation is 1. The summed E-state index contributed by atoms with van der Waals surface area (Å²) < 4.78 is 1.90. The molecule has 17 heavy (non-hydrogen) atoms. The summed E-state index contributed by atoms with van der Waals surface area (Å²) in [5, 5.41) is 11.9. The van der Waals surface area contributed by atoms with Gasteiger partial charge in [0.05, 0.1) is 6.54 Å². The second kappa shape index (κ2) is 5.55. The summed E-state index contributed by atoms with van der Waals surface area (Å²) in [7, 11) is 0. The van der Waals surface area contributed by atoms with E-state index in [1.54, 1.807) is 0 Å². The fourth-order valence-corrected chi connectivity index (χ4v) is 2.32. The molecule has 1 aliphatic heterocycles. The molecule has 6 nitrogen and oxygen atoms in total. The van der Waals surface area contributed by atoms with Gasteiger partial charge in [-0.2, -0.15) is 0 Å². The number of tetrazole rings is 1. The van der Waals surface area contributed by atoms with Crippen molar-refractivity contribution < 1.29 is 0 Å². The molecule has 1 aliphatic rings. The monoisotopic (exact) mass is 238 g/mol. The number of piperidine rings is 1. The molecule has 1 aromatic rings. The van der Waals surface area contributed by atoms with E-state index in [1.807, 2.05) is 4.68 Å². The summed E-state index contributed by atoms with van der Waals surface area (Å²) >= 11 is 0. The lowest BCUT2D eigenvalue weighted by Crippen LogP contribution is -2.45. The molecule has 96 valence electrons. The maximum Gasteiger partial charge on any atom is 0.165 e. The number of hydrogen-bond acceptors (Lipinski definition) is 5. The quantitative estimate of drug-likeness (QED) is 0.814. The van der Waals surface area contributed by atoms with Crippen LogP contribution in [0.25, 0.3) is 0 Å². The molecule has 2 N–H and O–H groups in total. The standard InChI is InChI=1S/C11H22N6/c1-3-5-17-11(13-14-15-17)8-16-6-4-10(12)9(2)7-16/h9-10H,3-8,12H2,1-2H3. The highest BCUT2D eigenvalue weighted by Gasteiger charge is 2.24. The topological polar surface area (TPSA) is 72.9 Å². The van der Waals surface area contributed by atoms with E-state index in [-0.39, 0.29) is 0 Å². The van der Waals surface area contributed by atoms with Gasteiger partial charge < -0.3 is 5.73 Å². The van der Waals surface area contributed by atoms with Crippen LogP contribution in [0.15, 0.2) is 0 Å². The molecule has 1 saturated heterocycles. The van der Waals surface area contributed by atoms with Gasteiger partial charge >= 0.3 is 0 Å². The molecule has 0 aromatic carbocycles. The minimum atomic E-state index is 0.345. The second-order valence-electron chi connectivity index (χ2n) is 4.98. The molecular weight excluding hydrogens is 216 g/mol. The zero-order valence-electron chi connectivity index (χ0n) is 10.7. The van der Waals surface area contributed by atoms with Crippen LogP contribution in [-0.4, -0.2) is 44.2 Å². The van der Waals surface area contributed by atoms with Crippen molar-refractivity contribution in [2.24, 2.45) is 11.7 Å². The smallest absolute Gasteiger partial charge is 0.165 e. The average Bonchev–Trinajstić information content (AvgIpc) is 2.72. The van der Waals surface area contributed by atoms with Crippen LogP contribution in [0.5, 0.6) is 0 Å². The van der Waals surface area contributed by atoms with Crippen LogP contribution >= 0.6 is 0 Å². The Balaban J connectivity index is 1.94. The minimum absolute atomic E-state index is 0.345. The molecule has 0 aliphatic carbocycles. The highest BCUT2D eigenvalue weighted by Crippen LogP contribution is 2.16. The molecule has 0 bridgehead atoms. The number of rotatable bonds is 4. The van der Waals surface area contributed by atoms with Gasteiger partial charge in [-0.05, 0) is 29.2 Å². The van der Waals surface area contributed by atoms with E-state index < -0.39 is 0 Å². The molecule has 0 spiro atoms. The molecule has 6 heteroatoms. The van der Waals surface area contributed by atoms with Gasteiger partial charge in [0.1, 0.15) is 0 Å². The highest BCUT2D eigenvalue weighted by molar-refractivity contribution is 4.86. The summed E-state index contributed by atoms with van der Waals surface area (Å²) in [5.41, 5.74) is 6.02. The Morgan fingerprint density at radius 2 is 2.29 bits per heavy atom. The van der Waals surface area contributed by atoms with Crippen LogP contribution in [0.2, 0.25) is 0 Å². The Hall–Kier alpha value is -1.01. The van der Waals surface area contributed by atoms with Gasteiger partial charge in [0.2, 0.25) is 0 Å². The average molecular weight is 238 g/mol. The largest absolute Gasteiger partial charge is 0.327 e. The normalized spacial score (nSPS) is 26.3. The second-order valence-corrected chi connectivity index (χ2v) is 4.98. The highest BCUT2D eigenvalue weighted by atomic mass is 15.5. The van der Waals surface area contributed by atoms with E-state index in [0.717, 1.165) is 44.8 Å². The van der Waals surface area contributed by atoms with Gasteiger partial charge in [-0.25, -0.2) is 4.68 Å². The number of nitrogens with two attached hydrogens (primary N) is 1. The lowest BCUT2D eigenvalue weighted by atomic mass is 9.95. The van der Waals surface area contributed by atoms with Gasteiger partial charge in [0.15, 0.2) is 5.82 Å². The molecule has 2 unspecified atom stereocenters. The van der Waals surface area contributed by atoms with Crippen LogP contribution in [0.3, 0.4) is 0 Å². The Bertz CT molecular complexity index is 349. The van der Waals surface area contributed by atoms with E-state index in [1.165, 1.54) is 0 Å². The van der Waals surface area contributed by atoms with E-state index in [0.29, 0.717) is 12.0 Å². The first-order valence-corrected chi connectivity index (χ1v) is 6.43. The first kappa shape index (κ1) is 12.4. The number of aromatic nitrogens is 4. The van der Waals surface area contributed by atoms with Crippen LogP contribution < -0.4 is 5.73 Å². The number of nitrogens with zero attached hydrogens (tertiary/aromatic N) is 5. The molecule has 0 amide bonds. The number of likely N-dealkylation sites (tertiary alicyclic amines) is 1. The summed E-state index contributed by atoms with van der Waals surface area (Å²) in [6, 6.07) is 0.345. The van der Waals surface area contributed by atoms with Crippen molar-refractivity contribution in [2.45, 2.75) is 45.8 Å². The molecular formula is C11H22N6. The summed E-state index contributed by atoms with van der Waals surface area (Å²) in [6.07, 6.45) is 2.12. The zero-order valence-corrected chi connectivity index (χ0v) is 10.7. The zero-order chi connectivity index (χ0) is 12.3. The van der Waals surface area contributed by atoms with E-state index in [9.17, 15) is 0 Å². The SMILES string of the molecule is CCCn1nnnc1CN1CCC(N)C(C)C1. The maximum atomic E-state index is 6.02.